The molecule has 0 bridgehead atoms. The van der Waals surface area contributed by atoms with Crippen LogP contribution < -0.4 is 4.90 Å². The van der Waals surface area contributed by atoms with Crippen LogP contribution in [0.1, 0.15) is 24.0 Å². The monoisotopic (exact) mass is 354 g/mol. The quantitative estimate of drug-likeness (QED) is 0.655. The second-order valence-electron chi connectivity index (χ2n) is 6.81. The molecule has 6 heteroatoms. The summed E-state index contributed by atoms with van der Waals surface area (Å²) in [6.07, 6.45) is 0. The zero-order chi connectivity index (χ0) is 18.5. The van der Waals surface area contributed by atoms with E-state index in [0.29, 0.717) is 0 Å². The van der Waals surface area contributed by atoms with Crippen molar-refractivity contribution in [3.63, 3.8) is 0 Å². The van der Waals surface area contributed by atoms with Crippen LogP contribution in [0.4, 0.5) is 5.69 Å². The van der Waals surface area contributed by atoms with Crippen molar-refractivity contribution in [2.24, 2.45) is 0 Å². The lowest BCUT2D eigenvalue weighted by molar-refractivity contribution is -0.917. The third kappa shape index (κ3) is 4.26. The first kappa shape index (κ1) is 18.1. The predicted octanol–water partition coefficient (Wildman–Crippen LogP) is 1.63. The zero-order valence-electron chi connectivity index (χ0n) is 14.9. The van der Waals surface area contributed by atoms with E-state index in [1.165, 1.54) is 22.6 Å². The molecule has 1 amide bonds. The smallest absolute Gasteiger partial charge is 0.269 e. The summed E-state index contributed by atoms with van der Waals surface area (Å²) in [6, 6.07) is 16.7. The predicted molar refractivity (Wildman–Crippen MR) is 98.9 cm³/mol. The fourth-order valence-electron chi connectivity index (χ4n) is 3.41. The minimum atomic E-state index is -0.426. The van der Waals surface area contributed by atoms with Crippen LogP contribution in [-0.2, 0) is 11.3 Å². The largest absolute Gasteiger partial charge is 0.331 e. The first-order valence-electron chi connectivity index (χ1n) is 8.95. The van der Waals surface area contributed by atoms with E-state index in [-0.39, 0.29) is 17.5 Å². The fraction of sp³-hybridized carbons (Fsp3) is 0.350. The Morgan fingerprint density at radius 2 is 1.73 bits per heavy atom. The Bertz CT molecular complexity index is 754. The fourth-order valence-corrected chi connectivity index (χ4v) is 3.41. The van der Waals surface area contributed by atoms with Gasteiger partial charge >= 0.3 is 0 Å². The highest BCUT2D eigenvalue weighted by Crippen LogP contribution is 2.21. The number of rotatable bonds is 5. The van der Waals surface area contributed by atoms with Crippen molar-refractivity contribution in [2.75, 3.05) is 26.2 Å². The molecule has 2 aromatic rings. The van der Waals surface area contributed by atoms with Gasteiger partial charge in [0.15, 0.2) is 0 Å². The van der Waals surface area contributed by atoms with Gasteiger partial charge in [0.05, 0.1) is 37.0 Å². The molecule has 0 aromatic heterocycles. The van der Waals surface area contributed by atoms with Crippen LogP contribution >= 0.6 is 0 Å². The SMILES string of the molecule is C[C@@H](C(=O)N1CC[NH+](Cc2ccccc2)CC1)c1ccc([N+](=O)[O-])cc1. The number of carbonyl (C=O) groups is 1. The molecule has 2 aromatic carbocycles. The Kier molecular flexibility index (Phi) is 5.63. The lowest BCUT2D eigenvalue weighted by Crippen LogP contribution is -3.13. The standard InChI is InChI=1S/C20H23N3O3/c1-16(18-7-9-19(10-8-18)23(25)26)20(24)22-13-11-21(12-14-22)15-17-5-3-2-4-6-17/h2-10,16H,11-15H2,1H3/p+1/t16-/m1/s1. The summed E-state index contributed by atoms with van der Waals surface area (Å²) >= 11 is 0. The normalized spacial score (nSPS) is 16.3. The number of nitrogens with one attached hydrogen (secondary N) is 1. The van der Waals surface area contributed by atoms with E-state index in [1.807, 2.05) is 17.9 Å². The molecule has 0 spiro atoms. The number of nitrogens with zero attached hydrogens (tertiary/aromatic N) is 2. The Balaban J connectivity index is 1.55. The molecular formula is C20H24N3O3+. The number of quaternary nitrogens is 1. The number of nitro benzene ring substituents is 1. The first-order chi connectivity index (χ1) is 12.5. The highest BCUT2D eigenvalue weighted by atomic mass is 16.6. The van der Waals surface area contributed by atoms with Crippen molar-refractivity contribution < 1.29 is 14.6 Å². The Labute approximate surface area is 153 Å². The number of carbonyl (C=O) groups excluding carboxylic acids is 1. The van der Waals surface area contributed by atoms with Gasteiger partial charge in [0.1, 0.15) is 6.54 Å². The van der Waals surface area contributed by atoms with Gasteiger partial charge < -0.3 is 9.80 Å². The van der Waals surface area contributed by atoms with E-state index in [1.54, 1.807) is 12.1 Å². The Morgan fingerprint density at radius 1 is 1.12 bits per heavy atom. The molecule has 1 atom stereocenters. The van der Waals surface area contributed by atoms with Crippen LogP contribution in [0.5, 0.6) is 0 Å². The van der Waals surface area contributed by atoms with Gasteiger partial charge in [-0.05, 0) is 12.5 Å². The van der Waals surface area contributed by atoms with Gasteiger partial charge in [-0.3, -0.25) is 14.9 Å². The summed E-state index contributed by atoms with van der Waals surface area (Å²) in [4.78, 5) is 26.5. The number of amides is 1. The maximum atomic E-state index is 12.8. The summed E-state index contributed by atoms with van der Waals surface area (Å²) < 4.78 is 0. The van der Waals surface area contributed by atoms with Crippen LogP contribution in [0.25, 0.3) is 0 Å². The summed E-state index contributed by atoms with van der Waals surface area (Å²) in [5.74, 6) is -0.191. The van der Waals surface area contributed by atoms with Gasteiger partial charge in [0.25, 0.3) is 5.69 Å². The van der Waals surface area contributed by atoms with E-state index >= 15 is 0 Å². The maximum Gasteiger partial charge on any atom is 0.269 e. The number of hydrogen-bond acceptors (Lipinski definition) is 3. The van der Waals surface area contributed by atoms with Crippen LogP contribution in [0, 0.1) is 10.1 Å². The van der Waals surface area contributed by atoms with E-state index in [2.05, 4.69) is 24.3 Å². The molecule has 0 radical (unpaired) electrons. The highest BCUT2D eigenvalue weighted by Gasteiger charge is 2.27. The molecule has 0 saturated carbocycles. The molecule has 26 heavy (non-hydrogen) atoms. The van der Waals surface area contributed by atoms with Crippen molar-refractivity contribution in [3.8, 4) is 0 Å². The number of non-ortho nitro benzene ring substituents is 1. The Morgan fingerprint density at radius 3 is 2.31 bits per heavy atom. The van der Waals surface area contributed by atoms with E-state index in [4.69, 9.17) is 0 Å². The molecule has 0 aliphatic carbocycles. The molecule has 0 unspecified atom stereocenters. The van der Waals surface area contributed by atoms with E-state index in [9.17, 15) is 14.9 Å². The molecule has 1 saturated heterocycles. The van der Waals surface area contributed by atoms with Crippen molar-refractivity contribution in [2.45, 2.75) is 19.4 Å². The minimum Gasteiger partial charge on any atom is -0.331 e. The number of benzene rings is 2. The van der Waals surface area contributed by atoms with E-state index in [0.717, 1.165) is 38.3 Å². The van der Waals surface area contributed by atoms with Gasteiger partial charge in [-0.15, -0.1) is 0 Å². The average Bonchev–Trinajstić information content (AvgIpc) is 2.68. The third-order valence-corrected chi connectivity index (χ3v) is 5.05. The minimum absolute atomic E-state index is 0.0477. The van der Waals surface area contributed by atoms with Gasteiger partial charge in [-0.2, -0.15) is 0 Å². The highest BCUT2D eigenvalue weighted by molar-refractivity contribution is 5.83. The molecule has 1 fully saturated rings. The second kappa shape index (κ2) is 8.10. The summed E-state index contributed by atoms with van der Waals surface area (Å²) in [5.41, 5.74) is 2.19. The maximum absolute atomic E-state index is 12.8. The van der Waals surface area contributed by atoms with Crippen molar-refractivity contribution in [1.29, 1.82) is 0 Å². The molecule has 6 nitrogen and oxygen atoms in total. The van der Waals surface area contributed by atoms with Crippen molar-refractivity contribution in [1.82, 2.24) is 4.90 Å². The van der Waals surface area contributed by atoms with Crippen LogP contribution in [0.2, 0.25) is 0 Å². The van der Waals surface area contributed by atoms with Gasteiger partial charge in [0.2, 0.25) is 5.91 Å². The van der Waals surface area contributed by atoms with Gasteiger partial charge in [-0.25, -0.2) is 0 Å². The molecule has 1 aliphatic rings. The number of hydrogen-bond donors (Lipinski definition) is 1. The molecule has 1 heterocycles. The Hall–Kier alpha value is -2.73. The average molecular weight is 354 g/mol. The summed E-state index contributed by atoms with van der Waals surface area (Å²) in [5, 5.41) is 10.8. The molecule has 3 rings (SSSR count). The first-order valence-corrected chi connectivity index (χ1v) is 8.95. The third-order valence-electron chi connectivity index (χ3n) is 5.05. The lowest BCUT2D eigenvalue weighted by atomic mass is 9.99. The van der Waals surface area contributed by atoms with Crippen molar-refractivity contribution in [3.05, 3.63) is 75.8 Å². The molecule has 1 aliphatic heterocycles. The van der Waals surface area contributed by atoms with Crippen molar-refractivity contribution >= 4 is 11.6 Å². The number of piperazine rings is 1. The van der Waals surface area contributed by atoms with Crippen LogP contribution in [0.15, 0.2) is 54.6 Å². The molecule has 136 valence electrons. The van der Waals surface area contributed by atoms with Crippen LogP contribution in [0.3, 0.4) is 0 Å². The molecule has 1 N–H and O–H groups in total. The lowest BCUT2D eigenvalue weighted by Gasteiger charge is -2.33. The van der Waals surface area contributed by atoms with E-state index < -0.39 is 4.92 Å². The zero-order valence-corrected chi connectivity index (χ0v) is 14.9. The van der Waals surface area contributed by atoms with Crippen LogP contribution in [-0.4, -0.2) is 41.9 Å². The molecular weight excluding hydrogens is 330 g/mol. The summed E-state index contributed by atoms with van der Waals surface area (Å²) in [6.45, 7) is 6.23. The van der Waals surface area contributed by atoms with Gasteiger partial charge in [-0.1, -0.05) is 42.5 Å². The second-order valence-corrected chi connectivity index (χ2v) is 6.81. The van der Waals surface area contributed by atoms with Gasteiger partial charge in [0, 0.05) is 17.7 Å². The summed E-state index contributed by atoms with van der Waals surface area (Å²) in [7, 11) is 0. The topological polar surface area (TPSA) is 67.9 Å². The number of nitro groups is 1.